The van der Waals surface area contributed by atoms with Crippen LogP contribution in [0.15, 0.2) is 47.5 Å². The maximum Gasteiger partial charge on any atom is 0.258 e. The Hall–Kier alpha value is -3.06. The summed E-state index contributed by atoms with van der Waals surface area (Å²) in [5.41, 5.74) is 2.37. The second-order valence-electron chi connectivity index (χ2n) is 6.87. The van der Waals surface area contributed by atoms with Crippen molar-refractivity contribution >= 4 is 17.6 Å². The van der Waals surface area contributed by atoms with Gasteiger partial charge in [0.1, 0.15) is 11.5 Å². The molecule has 1 fully saturated rings. The molecular formula is C22H27N3O4. The largest absolute Gasteiger partial charge is 0.497 e. The van der Waals surface area contributed by atoms with E-state index in [0.29, 0.717) is 29.6 Å². The lowest BCUT2D eigenvalue weighted by Gasteiger charge is -2.14. The van der Waals surface area contributed by atoms with Crippen LogP contribution in [0.1, 0.15) is 28.8 Å². The molecule has 3 rings (SSSR count). The Morgan fingerprint density at radius 2 is 1.93 bits per heavy atom. The van der Waals surface area contributed by atoms with Crippen LogP contribution in [0.25, 0.3) is 0 Å². The van der Waals surface area contributed by atoms with E-state index in [9.17, 15) is 4.79 Å². The summed E-state index contributed by atoms with van der Waals surface area (Å²) in [7, 11) is 3.09. The standard InChI is InChI=1S/C22H27N3O4/c1-15-6-4-7-17(10-15)24-22(23-14-18-8-5-9-29-18)25-21(26)16-11-19(27-2)13-20(12-16)28-3/h4,6-7,10-13,18H,5,8-9,14H2,1-3H3,(H2,23,24,25,26)/t18-/m0/s1. The van der Waals surface area contributed by atoms with Gasteiger partial charge >= 0.3 is 0 Å². The Labute approximate surface area is 171 Å². The average molecular weight is 397 g/mol. The van der Waals surface area contributed by atoms with E-state index in [1.165, 1.54) is 0 Å². The number of benzene rings is 2. The highest BCUT2D eigenvalue weighted by molar-refractivity contribution is 6.10. The Morgan fingerprint density at radius 1 is 1.17 bits per heavy atom. The van der Waals surface area contributed by atoms with Gasteiger partial charge in [0.15, 0.2) is 0 Å². The third-order valence-electron chi connectivity index (χ3n) is 4.60. The van der Waals surface area contributed by atoms with Gasteiger partial charge in [-0.05, 0) is 49.6 Å². The number of anilines is 1. The summed E-state index contributed by atoms with van der Waals surface area (Å²) >= 11 is 0. The van der Waals surface area contributed by atoms with Crippen molar-refractivity contribution in [3.63, 3.8) is 0 Å². The number of carbonyl (C=O) groups is 1. The van der Waals surface area contributed by atoms with Gasteiger partial charge < -0.3 is 19.5 Å². The summed E-state index contributed by atoms with van der Waals surface area (Å²) in [5, 5.41) is 6.06. The number of hydrogen-bond acceptors (Lipinski definition) is 5. The number of carbonyl (C=O) groups excluding carboxylic acids is 1. The lowest BCUT2D eigenvalue weighted by molar-refractivity contribution is 0.0975. The molecule has 0 aliphatic carbocycles. The number of nitrogens with zero attached hydrogens (tertiary/aromatic N) is 1. The molecule has 0 saturated carbocycles. The number of amides is 1. The molecule has 0 aromatic heterocycles. The van der Waals surface area contributed by atoms with Gasteiger partial charge in [-0.2, -0.15) is 0 Å². The van der Waals surface area contributed by atoms with E-state index < -0.39 is 0 Å². The quantitative estimate of drug-likeness (QED) is 0.577. The molecule has 29 heavy (non-hydrogen) atoms. The van der Waals surface area contributed by atoms with Crippen molar-refractivity contribution < 1.29 is 19.0 Å². The average Bonchev–Trinajstić information content (AvgIpc) is 3.25. The summed E-state index contributed by atoms with van der Waals surface area (Å²) in [6, 6.07) is 12.9. The minimum atomic E-state index is -0.312. The number of aryl methyl sites for hydroxylation is 1. The van der Waals surface area contributed by atoms with Crippen LogP contribution >= 0.6 is 0 Å². The Bertz CT molecular complexity index is 854. The fourth-order valence-electron chi connectivity index (χ4n) is 3.07. The van der Waals surface area contributed by atoms with Crippen molar-refractivity contribution in [2.45, 2.75) is 25.9 Å². The van der Waals surface area contributed by atoms with Gasteiger partial charge in [0, 0.05) is 23.9 Å². The van der Waals surface area contributed by atoms with Crippen molar-refractivity contribution in [2.24, 2.45) is 4.99 Å². The van der Waals surface area contributed by atoms with Gasteiger partial charge in [-0.1, -0.05) is 12.1 Å². The molecule has 7 heteroatoms. The SMILES string of the molecule is COc1cc(OC)cc(C(=O)NC(=NC[C@@H]2CCCO2)Nc2cccc(C)c2)c1. The Kier molecular flexibility index (Phi) is 7.08. The van der Waals surface area contributed by atoms with E-state index in [1.807, 2.05) is 31.2 Å². The number of nitrogens with one attached hydrogen (secondary N) is 2. The highest BCUT2D eigenvalue weighted by Gasteiger charge is 2.17. The molecule has 0 unspecified atom stereocenters. The van der Waals surface area contributed by atoms with Crippen molar-refractivity contribution in [3.8, 4) is 11.5 Å². The second kappa shape index (κ2) is 9.93. The topological polar surface area (TPSA) is 81.2 Å². The monoisotopic (exact) mass is 397 g/mol. The molecule has 1 saturated heterocycles. The van der Waals surface area contributed by atoms with E-state index >= 15 is 0 Å². The molecule has 2 aromatic carbocycles. The van der Waals surface area contributed by atoms with Gasteiger partial charge in [0.05, 0.1) is 26.9 Å². The van der Waals surface area contributed by atoms with E-state index in [2.05, 4.69) is 15.6 Å². The smallest absolute Gasteiger partial charge is 0.258 e. The molecule has 1 amide bonds. The number of guanidine groups is 1. The van der Waals surface area contributed by atoms with Crippen LogP contribution in [-0.2, 0) is 4.74 Å². The van der Waals surface area contributed by atoms with Crippen LogP contribution in [0.3, 0.4) is 0 Å². The molecule has 0 radical (unpaired) electrons. The number of aliphatic imine (C=N–C) groups is 1. The number of ether oxygens (including phenoxy) is 3. The van der Waals surface area contributed by atoms with Crippen molar-refractivity contribution in [1.82, 2.24) is 5.32 Å². The molecule has 0 bridgehead atoms. The number of rotatable bonds is 6. The first kappa shape index (κ1) is 20.7. The van der Waals surface area contributed by atoms with E-state index in [1.54, 1.807) is 32.4 Å². The summed E-state index contributed by atoms with van der Waals surface area (Å²) in [4.78, 5) is 17.4. The van der Waals surface area contributed by atoms with Crippen molar-refractivity contribution in [2.75, 3.05) is 32.7 Å². The van der Waals surface area contributed by atoms with Gasteiger partial charge in [-0.3, -0.25) is 10.1 Å². The molecule has 2 N–H and O–H groups in total. The lowest BCUT2D eigenvalue weighted by atomic mass is 10.2. The predicted molar refractivity (Wildman–Crippen MR) is 113 cm³/mol. The van der Waals surface area contributed by atoms with Crippen molar-refractivity contribution in [3.05, 3.63) is 53.6 Å². The summed E-state index contributed by atoms with van der Waals surface area (Å²) < 4.78 is 16.2. The molecule has 2 aromatic rings. The van der Waals surface area contributed by atoms with Crippen LogP contribution in [0, 0.1) is 6.92 Å². The van der Waals surface area contributed by atoms with Gasteiger partial charge in [-0.25, -0.2) is 4.99 Å². The molecule has 1 aliphatic rings. The maximum absolute atomic E-state index is 12.9. The molecule has 1 heterocycles. The summed E-state index contributed by atoms with van der Waals surface area (Å²) in [5.74, 6) is 1.14. The van der Waals surface area contributed by atoms with Crippen LogP contribution in [0.4, 0.5) is 5.69 Å². The Morgan fingerprint density at radius 3 is 2.55 bits per heavy atom. The first-order valence-electron chi connectivity index (χ1n) is 9.61. The molecule has 154 valence electrons. The minimum absolute atomic E-state index is 0.0816. The second-order valence-corrected chi connectivity index (χ2v) is 6.87. The Balaban J connectivity index is 1.79. The maximum atomic E-state index is 12.9. The first-order chi connectivity index (χ1) is 14.1. The van der Waals surface area contributed by atoms with Crippen LogP contribution < -0.4 is 20.1 Å². The highest BCUT2D eigenvalue weighted by atomic mass is 16.5. The number of hydrogen-bond donors (Lipinski definition) is 2. The normalized spacial score (nSPS) is 16.4. The zero-order chi connectivity index (χ0) is 20.6. The molecule has 0 spiro atoms. The molecule has 1 atom stereocenters. The van der Waals surface area contributed by atoms with Gasteiger partial charge in [0.2, 0.25) is 5.96 Å². The van der Waals surface area contributed by atoms with E-state index in [0.717, 1.165) is 30.7 Å². The first-order valence-corrected chi connectivity index (χ1v) is 9.61. The van der Waals surface area contributed by atoms with Crippen LogP contribution in [0.2, 0.25) is 0 Å². The number of methoxy groups -OCH3 is 2. The van der Waals surface area contributed by atoms with Gasteiger partial charge in [0.25, 0.3) is 5.91 Å². The summed E-state index contributed by atoms with van der Waals surface area (Å²) in [6.45, 7) is 3.25. The fourth-order valence-corrected chi connectivity index (χ4v) is 3.07. The zero-order valence-electron chi connectivity index (χ0n) is 17.0. The summed E-state index contributed by atoms with van der Waals surface area (Å²) in [6.07, 6.45) is 2.09. The predicted octanol–water partition coefficient (Wildman–Crippen LogP) is 3.39. The third-order valence-corrected chi connectivity index (χ3v) is 4.60. The van der Waals surface area contributed by atoms with Gasteiger partial charge in [-0.15, -0.1) is 0 Å². The minimum Gasteiger partial charge on any atom is -0.497 e. The van der Waals surface area contributed by atoms with Crippen LogP contribution in [0.5, 0.6) is 11.5 Å². The van der Waals surface area contributed by atoms with E-state index in [-0.39, 0.29) is 12.0 Å². The molecular weight excluding hydrogens is 370 g/mol. The molecule has 1 aliphatic heterocycles. The molecule has 7 nitrogen and oxygen atoms in total. The third kappa shape index (κ3) is 5.96. The fraction of sp³-hybridized carbons (Fsp3) is 0.364. The van der Waals surface area contributed by atoms with Crippen LogP contribution in [-0.4, -0.2) is 45.3 Å². The van der Waals surface area contributed by atoms with E-state index in [4.69, 9.17) is 14.2 Å². The lowest BCUT2D eigenvalue weighted by Crippen LogP contribution is -2.36. The zero-order valence-corrected chi connectivity index (χ0v) is 17.0. The van der Waals surface area contributed by atoms with Crippen molar-refractivity contribution in [1.29, 1.82) is 0 Å². The highest BCUT2D eigenvalue weighted by Crippen LogP contribution is 2.22.